The van der Waals surface area contributed by atoms with Crippen molar-refractivity contribution in [2.75, 3.05) is 0 Å². The van der Waals surface area contributed by atoms with Crippen molar-refractivity contribution in [3.05, 3.63) is 41.7 Å². The molecule has 0 N–H and O–H groups in total. The predicted octanol–water partition coefficient (Wildman–Crippen LogP) is 3.27. The second-order valence-electron chi connectivity index (χ2n) is 4.08. The lowest BCUT2D eigenvalue weighted by molar-refractivity contribution is 0.625. The first kappa shape index (κ1) is 12.0. The number of hydrogen-bond acceptors (Lipinski definition) is 2. The topological polar surface area (TPSA) is 30.7 Å². The van der Waals surface area contributed by atoms with Crippen LogP contribution in [0.2, 0.25) is 0 Å². The molecule has 0 aliphatic heterocycles. The molecule has 1 aromatic carbocycles. The molecule has 0 saturated heterocycles. The summed E-state index contributed by atoms with van der Waals surface area (Å²) < 4.78 is 15.0. The van der Waals surface area contributed by atoms with Gasteiger partial charge in [-0.1, -0.05) is 19.9 Å². The van der Waals surface area contributed by atoms with Crippen molar-refractivity contribution in [3.8, 4) is 5.69 Å². The Morgan fingerprint density at radius 2 is 2.12 bits per heavy atom. The van der Waals surface area contributed by atoms with Crippen LogP contribution in [0.3, 0.4) is 0 Å². The van der Waals surface area contributed by atoms with Gasteiger partial charge in [0, 0.05) is 5.92 Å². The summed E-state index contributed by atoms with van der Waals surface area (Å²) in [5.74, 6) is 1.57. The van der Waals surface area contributed by atoms with Gasteiger partial charge < -0.3 is 0 Å². The Morgan fingerprint density at radius 3 is 2.71 bits per heavy atom. The summed E-state index contributed by atoms with van der Waals surface area (Å²) in [7, 11) is 0. The van der Waals surface area contributed by atoms with E-state index in [1.807, 2.05) is 19.9 Å². The zero-order chi connectivity index (χ0) is 12.4. The molecular weight excluding hydrogens is 241 g/mol. The Labute approximate surface area is 104 Å². The van der Waals surface area contributed by atoms with Crippen molar-refractivity contribution in [3.63, 3.8) is 0 Å². The predicted molar refractivity (Wildman–Crippen MR) is 65.0 cm³/mol. The fraction of sp³-hybridized carbons (Fsp3) is 0.333. The number of rotatable bonds is 3. The van der Waals surface area contributed by atoms with E-state index < -0.39 is 0 Å². The van der Waals surface area contributed by atoms with Crippen molar-refractivity contribution < 1.29 is 4.39 Å². The molecular formula is C12H13ClFN3. The van der Waals surface area contributed by atoms with Crippen molar-refractivity contribution >= 4 is 11.6 Å². The van der Waals surface area contributed by atoms with Crippen LogP contribution in [0.5, 0.6) is 0 Å². The molecule has 0 aliphatic carbocycles. The smallest absolute Gasteiger partial charge is 0.152 e. The fourth-order valence-corrected chi connectivity index (χ4v) is 1.86. The van der Waals surface area contributed by atoms with E-state index in [1.54, 1.807) is 10.6 Å². The normalized spacial score (nSPS) is 11.1. The molecule has 1 aromatic heterocycles. The molecule has 0 amide bonds. The van der Waals surface area contributed by atoms with E-state index in [2.05, 4.69) is 10.2 Å². The van der Waals surface area contributed by atoms with Crippen LogP contribution >= 0.6 is 11.6 Å². The third kappa shape index (κ3) is 2.31. The van der Waals surface area contributed by atoms with Crippen molar-refractivity contribution in [2.24, 2.45) is 0 Å². The molecule has 1 heterocycles. The number of hydrogen-bond donors (Lipinski definition) is 0. The van der Waals surface area contributed by atoms with Crippen molar-refractivity contribution in [1.29, 1.82) is 0 Å². The van der Waals surface area contributed by atoms with Crippen LogP contribution in [0, 0.1) is 5.82 Å². The molecule has 5 heteroatoms. The molecule has 17 heavy (non-hydrogen) atoms. The highest BCUT2D eigenvalue weighted by Gasteiger charge is 2.15. The van der Waals surface area contributed by atoms with E-state index in [0.29, 0.717) is 11.5 Å². The molecule has 90 valence electrons. The minimum atomic E-state index is -0.286. The highest BCUT2D eigenvalue weighted by atomic mass is 35.5. The van der Waals surface area contributed by atoms with Crippen LogP contribution in [0.25, 0.3) is 5.69 Å². The van der Waals surface area contributed by atoms with Crippen LogP contribution < -0.4 is 0 Å². The van der Waals surface area contributed by atoms with Gasteiger partial charge in [-0.2, -0.15) is 0 Å². The molecule has 2 aromatic rings. The number of nitrogens with zero attached hydrogens (tertiary/aromatic N) is 3. The molecule has 0 radical (unpaired) electrons. The van der Waals surface area contributed by atoms with Gasteiger partial charge in [0.2, 0.25) is 0 Å². The molecule has 0 saturated carbocycles. The van der Waals surface area contributed by atoms with Crippen LogP contribution in [-0.4, -0.2) is 14.8 Å². The molecule has 2 rings (SSSR count). The van der Waals surface area contributed by atoms with E-state index in [9.17, 15) is 4.39 Å². The summed E-state index contributed by atoms with van der Waals surface area (Å²) in [6, 6.07) is 6.33. The SMILES string of the molecule is CC(C)c1nnc(CCl)n1-c1cccc(F)c1. The molecule has 0 spiro atoms. The fourth-order valence-electron chi connectivity index (χ4n) is 1.69. The minimum Gasteiger partial charge on any atom is -0.282 e. The minimum absolute atomic E-state index is 0.197. The van der Waals surface area contributed by atoms with Crippen LogP contribution in [-0.2, 0) is 5.88 Å². The lowest BCUT2D eigenvalue weighted by Crippen LogP contribution is -2.06. The zero-order valence-electron chi connectivity index (χ0n) is 9.69. The molecule has 0 aliphatic rings. The quantitative estimate of drug-likeness (QED) is 0.786. The average molecular weight is 254 g/mol. The molecule has 0 unspecified atom stereocenters. The molecule has 0 atom stereocenters. The lowest BCUT2D eigenvalue weighted by Gasteiger charge is -2.11. The maximum absolute atomic E-state index is 13.2. The Balaban J connectivity index is 2.60. The highest BCUT2D eigenvalue weighted by Crippen LogP contribution is 2.20. The van der Waals surface area contributed by atoms with Gasteiger partial charge in [0.1, 0.15) is 11.6 Å². The Morgan fingerprint density at radius 1 is 1.35 bits per heavy atom. The third-order valence-corrected chi connectivity index (χ3v) is 2.70. The second kappa shape index (κ2) is 4.84. The Kier molecular flexibility index (Phi) is 3.43. The van der Waals surface area contributed by atoms with E-state index in [4.69, 9.17) is 11.6 Å². The standard InChI is InChI=1S/C12H13ClFN3/c1-8(2)12-16-15-11(7-13)17(12)10-5-3-4-9(14)6-10/h3-6,8H,7H2,1-2H3. The summed E-state index contributed by atoms with van der Waals surface area (Å²) in [5.41, 5.74) is 0.703. The Hall–Kier alpha value is -1.42. The van der Waals surface area contributed by atoms with Gasteiger partial charge in [0.05, 0.1) is 11.6 Å². The monoisotopic (exact) mass is 253 g/mol. The summed E-state index contributed by atoms with van der Waals surface area (Å²) in [6.07, 6.45) is 0. The third-order valence-electron chi connectivity index (χ3n) is 2.46. The van der Waals surface area contributed by atoms with Gasteiger partial charge in [-0.25, -0.2) is 4.39 Å². The Bertz CT molecular complexity index is 522. The first-order valence-corrected chi connectivity index (χ1v) is 5.93. The molecule has 0 bridgehead atoms. The second-order valence-corrected chi connectivity index (χ2v) is 4.35. The molecule has 0 fully saturated rings. The summed E-state index contributed by atoms with van der Waals surface area (Å²) >= 11 is 5.82. The van der Waals surface area contributed by atoms with Gasteiger partial charge in [-0.15, -0.1) is 21.8 Å². The number of aromatic nitrogens is 3. The number of benzene rings is 1. The van der Waals surface area contributed by atoms with Crippen molar-refractivity contribution in [2.45, 2.75) is 25.6 Å². The lowest BCUT2D eigenvalue weighted by atomic mass is 10.2. The van der Waals surface area contributed by atoms with Gasteiger partial charge in [0.15, 0.2) is 5.82 Å². The van der Waals surface area contributed by atoms with Gasteiger partial charge in [0.25, 0.3) is 0 Å². The summed E-state index contributed by atoms with van der Waals surface area (Å²) in [4.78, 5) is 0. The van der Waals surface area contributed by atoms with E-state index in [0.717, 1.165) is 5.82 Å². The van der Waals surface area contributed by atoms with Crippen molar-refractivity contribution in [1.82, 2.24) is 14.8 Å². The maximum atomic E-state index is 13.2. The van der Waals surface area contributed by atoms with E-state index in [1.165, 1.54) is 12.1 Å². The van der Waals surface area contributed by atoms with E-state index in [-0.39, 0.29) is 17.6 Å². The maximum Gasteiger partial charge on any atom is 0.152 e. The first-order valence-electron chi connectivity index (χ1n) is 5.39. The van der Waals surface area contributed by atoms with Crippen LogP contribution in [0.1, 0.15) is 31.4 Å². The van der Waals surface area contributed by atoms with Crippen LogP contribution in [0.4, 0.5) is 4.39 Å². The summed E-state index contributed by atoms with van der Waals surface area (Å²) in [5, 5.41) is 8.12. The largest absolute Gasteiger partial charge is 0.282 e. The number of alkyl halides is 1. The van der Waals surface area contributed by atoms with Gasteiger partial charge >= 0.3 is 0 Å². The van der Waals surface area contributed by atoms with Gasteiger partial charge in [-0.3, -0.25) is 4.57 Å². The van der Waals surface area contributed by atoms with Crippen LogP contribution in [0.15, 0.2) is 24.3 Å². The average Bonchev–Trinajstić information content (AvgIpc) is 2.72. The molecule has 3 nitrogen and oxygen atoms in total. The number of halogens is 2. The highest BCUT2D eigenvalue weighted by molar-refractivity contribution is 6.16. The van der Waals surface area contributed by atoms with Gasteiger partial charge in [-0.05, 0) is 18.2 Å². The summed E-state index contributed by atoms with van der Waals surface area (Å²) in [6.45, 7) is 4.02. The first-order chi connectivity index (χ1) is 8.13. The van der Waals surface area contributed by atoms with E-state index >= 15 is 0 Å². The zero-order valence-corrected chi connectivity index (χ0v) is 10.4.